The van der Waals surface area contributed by atoms with Crippen LogP contribution in [0, 0.1) is 11.7 Å². The Bertz CT molecular complexity index is 488. The van der Waals surface area contributed by atoms with E-state index in [1.165, 1.54) is 12.1 Å². The van der Waals surface area contributed by atoms with E-state index in [-0.39, 0.29) is 24.6 Å². The number of piperidine rings is 2. The number of aliphatic hydroxyl groups excluding tert-OH is 2. The van der Waals surface area contributed by atoms with Gasteiger partial charge in [-0.1, -0.05) is 0 Å². The number of rotatable bonds is 4. The van der Waals surface area contributed by atoms with Gasteiger partial charge in [0.2, 0.25) is 0 Å². The van der Waals surface area contributed by atoms with Gasteiger partial charge >= 0.3 is 0 Å². The molecule has 5 heteroatoms. The van der Waals surface area contributed by atoms with Crippen LogP contribution in [-0.4, -0.2) is 60.0 Å². The first-order valence-electron chi connectivity index (χ1n) is 8.69. The van der Waals surface area contributed by atoms with Crippen molar-refractivity contribution < 1.29 is 14.6 Å². The molecule has 2 aliphatic heterocycles. The zero-order chi connectivity index (χ0) is 16.2. The molecule has 128 valence electrons. The minimum absolute atomic E-state index is 0.105. The summed E-state index contributed by atoms with van der Waals surface area (Å²) < 4.78 is 13.0. The van der Waals surface area contributed by atoms with E-state index >= 15 is 0 Å². The highest BCUT2D eigenvalue weighted by atomic mass is 19.1. The fourth-order valence-electron chi connectivity index (χ4n) is 3.87. The molecule has 1 aromatic carbocycles. The first-order chi connectivity index (χ1) is 11.2. The molecule has 4 nitrogen and oxygen atoms in total. The molecule has 2 fully saturated rings. The zero-order valence-corrected chi connectivity index (χ0v) is 13.6. The SMILES string of the molecule is OCC1CC(O)CCN1CC1CCN(c2ccc(F)cc2)CC1. The molecule has 2 N–H and O–H groups in total. The van der Waals surface area contributed by atoms with Crippen LogP contribution in [0.5, 0.6) is 0 Å². The van der Waals surface area contributed by atoms with Gasteiger partial charge in [0.15, 0.2) is 0 Å². The standard InChI is InChI=1S/C18H27FN2O2/c19-15-1-3-16(4-2-15)20-8-5-14(6-9-20)12-21-10-7-18(23)11-17(21)13-22/h1-4,14,17-18,22-23H,5-13H2. The van der Waals surface area contributed by atoms with Crippen LogP contribution in [0.4, 0.5) is 10.1 Å². The van der Waals surface area contributed by atoms with Crippen LogP contribution >= 0.6 is 0 Å². The van der Waals surface area contributed by atoms with Gasteiger partial charge in [-0.2, -0.15) is 0 Å². The van der Waals surface area contributed by atoms with Crippen LogP contribution < -0.4 is 4.90 Å². The zero-order valence-electron chi connectivity index (χ0n) is 13.6. The molecule has 2 heterocycles. The second-order valence-electron chi connectivity index (χ2n) is 6.92. The number of anilines is 1. The van der Waals surface area contributed by atoms with E-state index in [9.17, 15) is 14.6 Å². The average Bonchev–Trinajstić information content (AvgIpc) is 2.58. The van der Waals surface area contributed by atoms with E-state index < -0.39 is 0 Å². The van der Waals surface area contributed by atoms with Crippen molar-refractivity contribution in [3.05, 3.63) is 30.1 Å². The summed E-state index contributed by atoms with van der Waals surface area (Å²) >= 11 is 0. The normalized spacial score (nSPS) is 27.3. The molecule has 0 saturated carbocycles. The van der Waals surface area contributed by atoms with Gasteiger partial charge in [-0.25, -0.2) is 4.39 Å². The first-order valence-corrected chi connectivity index (χ1v) is 8.69. The lowest BCUT2D eigenvalue weighted by Gasteiger charge is -2.41. The summed E-state index contributed by atoms with van der Waals surface area (Å²) in [5.41, 5.74) is 1.10. The summed E-state index contributed by atoms with van der Waals surface area (Å²) in [5.74, 6) is 0.446. The molecule has 2 atom stereocenters. The number of aliphatic hydroxyl groups is 2. The van der Waals surface area contributed by atoms with Crippen molar-refractivity contribution in [1.82, 2.24) is 4.90 Å². The topological polar surface area (TPSA) is 46.9 Å². The molecule has 0 aromatic heterocycles. The monoisotopic (exact) mass is 322 g/mol. The van der Waals surface area contributed by atoms with E-state index in [0.29, 0.717) is 12.3 Å². The Labute approximate surface area is 137 Å². The minimum atomic E-state index is -0.260. The van der Waals surface area contributed by atoms with Crippen LogP contribution in [0.2, 0.25) is 0 Å². The van der Waals surface area contributed by atoms with Gasteiger partial charge in [-0.05, 0) is 55.9 Å². The second-order valence-corrected chi connectivity index (χ2v) is 6.92. The molecule has 0 bridgehead atoms. The number of benzene rings is 1. The number of hydrogen-bond acceptors (Lipinski definition) is 4. The molecule has 1 aromatic rings. The Balaban J connectivity index is 1.50. The van der Waals surface area contributed by atoms with E-state index in [2.05, 4.69) is 9.80 Å². The second kappa shape index (κ2) is 7.60. The highest BCUT2D eigenvalue weighted by Crippen LogP contribution is 2.26. The fraction of sp³-hybridized carbons (Fsp3) is 0.667. The smallest absolute Gasteiger partial charge is 0.123 e. The van der Waals surface area contributed by atoms with Crippen LogP contribution in [0.25, 0.3) is 0 Å². The van der Waals surface area contributed by atoms with Gasteiger partial charge in [0, 0.05) is 37.9 Å². The van der Waals surface area contributed by atoms with Gasteiger partial charge in [0.25, 0.3) is 0 Å². The van der Waals surface area contributed by atoms with Crippen molar-refractivity contribution in [3.63, 3.8) is 0 Å². The van der Waals surface area contributed by atoms with Crippen LogP contribution in [-0.2, 0) is 0 Å². The Hall–Kier alpha value is -1.17. The fourth-order valence-corrected chi connectivity index (χ4v) is 3.87. The number of likely N-dealkylation sites (tertiary alicyclic amines) is 1. The lowest BCUT2D eigenvalue weighted by molar-refractivity contribution is 0.00781. The summed E-state index contributed by atoms with van der Waals surface area (Å²) in [7, 11) is 0. The predicted molar refractivity (Wildman–Crippen MR) is 89.0 cm³/mol. The highest BCUT2D eigenvalue weighted by molar-refractivity contribution is 5.46. The maximum atomic E-state index is 13.0. The minimum Gasteiger partial charge on any atom is -0.395 e. The third kappa shape index (κ3) is 4.22. The van der Waals surface area contributed by atoms with E-state index in [1.54, 1.807) is 0 Å². The van der Waals surface area contributed by atoms with E-state index in [4.69, 9.17) is 0 Å². The molecule has 0 aliphatic carbocycles. The summed E-state index contributed by atoms with van der Waals surface area (Å²) in [5, 5.41) is 19.3. The quantitative estimate of drug-likeness (QED) is 0.888. The van der Waals surface area contributed by atoms with Gasteiger partial charge in [0.1, 0.15) is 5.82 Å². The Kier molecular flexibility index (Phi) is 5.51. The van der Waals surface area contributed by atoms with Crippen LogP contribution in [0.1, 0.15) is 25.7 Å². The van der Waals surface area contributed by atoms with Crippen LogP contribution in [0.3, 0.4) is 0 Å². The van der Waals surface area contributed by atoms with E-state index in [1.807, 2.05) is 12.1 Å². The lowest BCUT2D eigenvalue weighted by Crippen LogP contribution is -2.49. The summed E-state index contributed by atoms with van der Waals surface area (Å²) in [4.78, 5) is 4.67. The molecule has 2 unspecified atom stereocenters. The number of nitrogens with zero attached hydrogens (tertiary/aromatic N) is 2. The maximum absolute atomic E-state index is 13.0. The molecular formula is C18H27FN2O2. The third-order valence-corrected chi connectivity index (χ3v) is 5.32. The molecule has 0 radical (unpaired) electrons. The molecule has 2 aliphatic rings. The largest absolute Gasteiger partial charge is 0.395 e. The average molecular weight is 322 g/mol. The van der Waals surface area contributed by atoms with Crippen LogP contribution in [0.15, 0.2) is 24.3 Å². The van der Waals surface area contributed by atoms with Crippen molar-refractivity contribution in [2.24, 2.45) is 5.92 Å². The molecule has 0 amide bonds. The van der Waals surface area contributed by atoms with Gasteiger partial charge in [-0.15, -0.1) is 0 Å². The van der Waals surface area contributed by atoms with Gasteiger partial charge in [0.05, 0.1) is 12.7 Å². The first kappa shape index (κ1) is 16.7. The van der Waals surface area contributed by atoms with Crippen molar-refractivity contribution in [2.75, 3.05) is 37.7 Å². The number of hydrogen-bond donors (Lipinski definition) is 2. The van der Waals surface area contributed by atoms with Crippen molar-refractivity contribution in [3.8, 4) is 0 Å². The Morgan fingerprint density at radius 2 is 1.74 bits per heavy atom. The van der Waals surface area contributed by atoms with Crippen molar-refractivity contribution in [1.29, 1.82) is 0 Å². The maximum Gasteiger partial charge on any atom is 0.123 e. The van der Waals surface area contributed by atoms with E-state index in [0.717, 1.165) is 51.1 Å². The summed E-state index contributed by atoms with van der Waals surface area (Å²) in [6.45, 7) is 4.01. The third-order valence-electron chi connectivity index (χ3n) is 5.32. The molecular weight excluding hydrogens is 295 g/mol. The van der Waals surface area contributed by atoms with Crippen molar-refractivity contribution in [2.45, 2.75) is 37.8 Å². The lowest BCUT2D eigenvalue weighted by atomic mass is 9.92. The summed E-state index contributed by atoms with van der Waals surface area (Å²) in [6.07, 6.45) is 3.47. The summed E-state index contributed by atoms with van der Waals surface area (Å²) in [6, 6.07) is 6.85. The number of halogens is 1. The highest BCUT2D eigenvalue weighted by Gasteiger charge is 2.29. The Morgan fingerprint density at radius 1 is 1.04 bits per heavy atom. The van der Waals surface area contributed by atoms with Gasteiger partial charge in [-0.3, -0.25) is 4.90 Å². The molecule has 23 heavy (non-hydrogen) atoms. The molecule has 0 spiro atoms. The molecule has 2 saturated heterocycles. The van der Waals surface area contributed by atoms with Crippen molar-refractivity contribution >= 4 is 5.69 Å². The molecule has 3 rings (SSSR count). The predicted octanol–water partition coefficient (Wildman–Crippen LogP) is 1.86. The Morgan fingerprint density at radius 3 is 2.39 bits per heavy atom. The van der Waals surface area contributed by atoms with Gasteiger partial charge < -0.3 is 15.1 Å².